The van der Waals surface area contributed by atoms with Gasteiger partial charge < -0.3 is 10.1 Å². The highest BCUT2D eigenvalue weighted by atomic mass is 32.2. The van der Waals surface area contributed by atoms with E-state index in [1.165, 1.54) is 11.8 Å². The van der Waals surface area contributed by atoms with E-state index < -0.39 is 0 Å². The molecular weight excluding hydrogens is 404 g/mol. The first-order chi connectivity index (χ1) is 15.1. The van der Waals surface area contributed by atoms with Gasteiger partial charge >= 0.3 is 0 Å². The number of fused-ring (bicyclic) bond motifs is 1. The molecule has 4 rings (SSSR count). The van der Waals surface area contributed by atoms with Crippen LogP contribution in [-0.2, 0) is 0 Å². The molecule has 1 N–H and O–H groups in total. The van der Waals surface area contributed by atoms with Crippen LogP contribution in [0.3, 0.4) is 0 Å². The van der Waals surface area contributed by atoms with Crippen LogP contribution in [0.1, 0.15) is 35.8 Å². The molecule has 3 aromatic carbocycles. The number of carbonyl (C=O) groups is 1. The highest BCUT2D eigenvalue weighted by Crippen LogP contribution is 2.31. The van der Waals surface area contributed by atoms with Crippen molar-refractivity contribution in [1.29, 1.82) is 0 Å². The molecule has 4 aromatic rings. The fourth-order valence-electron chi connectivity index (χ4n) is 3.38. The fraction of sp³-hybridized carbons (Fsp3) is 0.154. The molecule has 31 heavy (non-hydrogen) atoms. The largest absolute Gasteiger partial charge is 0.494 e. The summed E-state index contributed by atoms with van der Waals surface area (Å²) in [5, 5.41) is 4.75. The van der Waals surface area contributed by atoms with Gasteiger partial charge in [0.2, 0.25) is 0 Å². The van der Waals surface area contributed by atoms with Gasteiger partial charge in [0.05, 0.1) is 23.7 Å². The van der Waals surface area contributed by atoms with E-state index in [0.717, 1.165) is 32.1 Å². The van der Waals surface area contributed by atoms with Crippen molar-refractivity contribution < 1.29 is 9.53 Å². The lowest BCUT2D eigenvalue weighted by molar-refractivity contribution is 0.0941. The fourth-order valence-corrected chi connectivity index (χ4v) is 4.22. The van der Waals surface area contributed by atoms with Gasteiger partial charge in [-0.1, -0.05) is 60.3 Å². The van der Waals surface area contributed by atoms with Crippen molar-refractivity contribution in [3.05, 3.63) is 96.1 Å². The number of nitrogens with one attached hydrogen (secondary N) is 1. The molecule has 0 spiro atoms. The predicted molar refractivity (Wildman–Crippen MR) is 126 cm³/mol. The summed E-state index contributed by atoms with van der Waals surface area (Å²) in [6.07, 6.45) is 0. The molecule has 4 nitrogen and oxygen atoms in total. The predicted octanol–water partition coefficient (Wildman–Crippen LogP) is 6.28. The normalized spacial score (nSPS) is 11.8. The average Bonchev–Trinajstić information content (AvgIpc) is 2.80. The van der Waals surface area contributed by atoms with Gasteiger partial charge in [0.25, 0.3) is 5.91 Å². The van der Waals surface area contributed by atoms with Crippen LogP contribution >= 0.6 is 11.8 Å². The Labute approximate surface area is 186 Å². The van der Waals surface area contributed by atoms with E-state index in [2.05, 4.69) is 5.32 Å². The molecule has 0 unspecified atom stereocenters. The van der Waals surface area contributed by atoms with Gasteiger partial charge in [0, 0.05) is 10.3 Å². The third-order valence-electron chi connectivity index (χ3n) is 4.94. The Morgan fingerprint density at radius 2 is 1.71 bits per heavy atom. The summed E-state index contributed by atoms with van der Waals surface area (Å²) in [5.74, 6) is 0.733. The lowest BCUT2D eigenvalue weighted by Gasteiger charge is -2.16. The number of rotatable bonds is 7. The third kappa shape index (κ3) is 5.06. The second-order valence-corrected chi connectivity index (χ2v) is 8.23. The van der Waals surface area contributed by atoms with Crippen molar-refractivity contribution in [3.63, 3.8) is 0 Å². The van der Waals surface area contributed by atoms with Gasteiger partial charge in [-0.05, 0) is 55.8 Å². The topological polar surface area (TPSA) is 51.2 Å². The van der Waals surface area contributed by atoms with Gasteiger partial charge in [0.1, 0.15) is 10.8 Å². The molecule has 0 radical (unpaired) electrons. The molecule has 1 heterocycles. The maximum atomic E-state index is 13.2. The van der Waals surface area contributed by atoms with Crippen molar-refractivity contribution >= 4 is 28.6 Å². The second kappa shape index (κ2) is 9.67. The van der Waals surface area contributed by atoms with E-state index >= 15 is 0 Å². The van der Waals surface area contributed by atoms with E-state index in [4.69, 9.17) is 9.72 Å². The molecular formula is C26H24N2O2S. The maximum Gasteiger partial charge on any atom is 0.252 e. The second-order valence-electron chi connectivity index (χ2n) is 7.14. The van der Waals surface area contributed by atoms with Crippen LogP contribution in [0, 0.1) is 0 Å². The Bertz CT molecular complexity index is 1180. The number of ether oxygens (including phenoxy) is 1. The van der Waals surface area contributed by atoms with Crippen LogP contribution in [0.25, 0.3) is 10.9 Å². The van der Waals surface area contributed by atoms with E-state index in [1.54, 1.807) is 0 Å². The van der Waals surface area contributed by atoms with Crippen molar-refractivity contribution in [2.75, 3.05) is 6.61 Å². The SMILES string of the molecule is CCOc1ccc(Sc2cc(C(=O)N[C@H](C)c3ccccc3)c3ccccc3n2)cc1. The average molecular weight is 429 g/mol. The first-order valence-electron chi connectivity index (χ1n) is 10.3. The number of hydrogen-bond donors (Lipinski definition) is 1. The Kier molecular flexibility index (Phi) is 6.53. The maximum absolute atomic E-state index is 13.2. The van der Waals surface area contributed by atoms with Crippen LogP contribution in [0.2, 0.25) is 0 Å². The zero-order valence-electron chi connectivity index (χ0n) is 17.5. The molecule has 0 aliphatic rings. The Morgan fingerprint density at radius 3 is 2.45 bits per heavy atom. The van der Waals surface area contributed by atoms with Crippen LogP contribution in [0.15, 0.2) is 94.9 Å². The monoisotopic (exact) mass is 428 g/mol. The van der Waals surface area contributed by atoms with Crippen LogP contribution in [-0.4, -0.2) is 17.5 Å². The minimum absolute atomic E-state index is 0.0946. The Morgan fingerprint density at radius 1 is 1.00 bits per heavy atom. The summed E-state index contributed by atoms with van der Waals surface area (Å²) in [6, 6.07) is 27.4. The van der Waals surface area contributed by atoms with E-state index in [1.807, 2.05) is 98.8 Å². The Balaban J connectivity index is 1.62. The van der Waals surface area contributed by atoms with Crippen LogP contribution in [0.5, 0.6) is 5.75 Å². The number of amides is 1. The Hall–Kier alpha value is -3.31. The molecule has 0 aliphatic heterocycles. The molecule has 5 heteroatoms. The highest BCUT2D eigenvalue weighted by molar-refractivity contribution is 7.99. The van der Waals surface area contributed by atoms with Crippen LogP contribution < -0.4 is 10.1 Å². The number of hydrogen-bond acceptors (Lipinski definition) is 4. The summed E-state index contributed by atoms with van der Waals surface area (Å²) in [4.78, 5) is 19.0. The molecule has 0 fully saturated rings. The number of carbonyl (C=O) groups excluding carboxylic acids is 1. The molecule has 1 amide bonds. The first kappa shape index (κ1) is 20.9. The lowest BCUT2D eigenvalue weighted by Crippen LogP contribution is -2.27. The van der Waals surface area contributed by atoms with Crippen molar-refractivity contribution in [3.8, 4) is 5.75 Å². The third-order valence-corrected chi connectivity index (χ3v) is 5.87. The van der Waals surface area contributed by atoms with Gasteiger partial charge in [-0.2, -0.15) is 0 Å². The molecule has 1 aromatic heterocycles. The molecule has 0 saturated heterocycles. The number of nitrogens with zero attached hydrogens (tertiary/aromatic N) is 1. The quantitative estimate of drug-likeness (QED) is 0.377. The summed E-state index contributed by atoms with van der Waals surface area (Å²) in [5.41, 5.74) is 2.50. The zero-order valence-corrected chi connectivity index (χ0v) is 18.4. The van der Waals surface area contributed by atoms with Gasteiger partial charge in [-0.15, -0.1) is 0 Å². The van der Waals surface area contributed by atoms with Crippen LogP contribution in [0.4, 0.5) is 0 Å². The smallest absolute Gasteiger partial charge is 0.252 e. The van der Waals surface area contributed by atoms with Crippen molar-refractivity contribution in [2.45, 2.75) is 29.8 Å². The minimum Gasteiger partial charge on any atom is -0.494 e. The van der Waals surface area contributed by atoms with Gasteiger partial charge in [-0.3, -0.25) is 4.79 Å². The summed E-state index contributed by atoms with van der Waals surface area (Å²) in [7, 11) is 0. The molecule has 156 valence electrons. The number of para-hydroxylation sites is 1. The van der Waals surface area contributed by atoms with E-state index in [-0.39, 0.29) is 11.9 Å². The molecule has 0 bridgehead atoms. The molecule has 0 aliphatic carbocycles. The standard InChI is InChI=1S/C26H24N2O2S/c1-3-30-20-13-15-21(16-14-20)31-25-17-23(22-11-7-8-12-24(22)28-25)26(29)27-18(2)19-9-5-4-6-10-19/h4-18H,3H2,1-2H3,(H,27,29)/t18-/m1/s1. The highest BCUT2D eigenvalue weighted by Gasteiger charge is 2.16. The van der Waals surface area contributed by atoms with Gasteiger partial charge in [-0.25, -0.2) is 4.98 Å². The zero-order chi connectivity index (χ0) is 21.6. The first-order valence-corrected chi connectivity index (χ1v) is 11.1. The summed E-state index contributed by atoms with van der Waals surface area (Å²) >= 11 is 1.53. The summed E-state index contributed by atoms with van der Waals surface area (Å²) in [6.45, 7) is 4.59. The number of pyridine rings is 1. The summed E-state index contributed by atoms with van der Waals surface area (Å²) < 4.78 is 5.51. The van der Waals surface area contributed by atoms with E-state index in [0.29, 0.717) is 12.2 Å². The number of aromatic nitrogens is 1. The van der Waals surface area contributed by atoms with Crippen molar-refractivity contribution in [2.24, 2.45) is 0 Å². The molecule has 1 atom stereocenters. The molecule has 0 saturated carbocycles. The van der Waals surface area contributed by atoms with Crippen molar-refractivity contribution in [1.82, 2.24) is 10.3 Å². The minimum atomic E-state index is -0.108. The number of benzene rings is 3. The van der Waals surface area contributed by atoms with Gasteiger partial charge in [0.15, 0.2) is 0 Å². The lowest BCUT2D eigenvalue weighted by atomic mass is 10.1. The van der Waals surface area contributed by atoms with E-state index in [9.17, 15) is 4.79 Å².